The van der Waals surface area contributed by atoms with E-state index < -0.39 is 0 Å². The van der Waals surface area contributed by atoms with Crippen molar-refractivity contribution in [2.45, 2.75) is 39.8 Å². The van der Waals surface area contributed by atoms with E-state index in [4.69, 9.17) is 5.73 Å². The van der Waals surface area contributed by atoms with Crippen molar-refractivity contribution in [2.24, 2.45) is 5.73 Å². The molecule has 2 aromatic rings. The Hall–Kier alpha value is -1.80. The fraction of sp³-hybridized carbons (Fsp3) is 0.368. The molecule has 110 valence electrons. The largest absolute Gasteiger partial charge is 0.367 e. The molecule has 2 heteroatoms. The van der Waals surface area contributed by atoms with Gasteiger partial charge in [0.25, 0.3) is 0 Å². The predicted octanol–water partition coefficient (Wildman–Crippen LogP) is 4.02. The van der Waals surface area contributed by atoms with E-state index in [1.807, 2.05) is 0 Å². The maximum Gasteiger partial charge on any atom is 0.0434 e. The van der Waals surface area contributed by atoms with Crippen LogP contribution >= 0.6 is 0 Å². The zero-order valence-electron chi connectivity index (χ0n) is 13.2. The maximum absolute atomic E-state index is 6.25. The van der Waals surface area contributed by atoms with Gasteiger partial charge in [-0.1, -0.05) is 35.9 Å². The Balaban J connectivity index is 1.95. The molecule has 0 fully saturated rings. The number of fused-ring (bicyclic) bond motifs is 1. The lowest BCUT2D eigenvalue weighted by Gasteiger charge is -2.35. The van der Waals surface area contributed by atoms with Gasteiger partial charge in [-0.05, 0) is 55.5 Å². The first-order chi connectivity index (χ1) is 10.1. The lowest BCUT2D eigenvalue weighted by molar-refractivity contribution is 0.589. The van der Waals surface area contributed by atoms with Crippen LogP contribution in [0.4, 0.5) is 5.69 Å². The Bertz CT molecular complexity index is 637. The summed E-state index contributed by atoms with van der Waals surface area (Å²) < 4.78 is 0. The van der Waals surface area contributed by atoms with Gasteiger partial charge in [0.15, 0.2) is 0 Å². The van der Waals surface area contributed by atoms with Crippen molar-refractivity contribution in [3.05, 3.63) is 64.2 Å². The van der Waals surface area contributed by atoms with Crippen molar-refractivity contribution in [1.29, 1.82) is 0 Å². The van der Waals surface area contributed by atoms with Gasteiger partial charge in [0, 0.05) is 24.8 Å². The van der Waals surface area contributed by atoms with Gasteiger partial charge in [0.2, 0.25) is 0 Å². The summed E-state index contributed by atoms with van der Waals surface area (Å²) in [5, 5.41) is 0. The maximum atomic E-state index is 6.25. The fourth-order valence-electron chi connectivity index (χ4n) is 3.47. The molecular weight excluding hydrogens is 256 g/mol. The van der Waals surface area contributed by atoms with E-state index in [1.165, 1.54) is 33.5 Å². The molecule has 0 amide bonds. The number of nitrogens with zero attached hydrogens (tertiary/aromatic N) is 1. The summed E-state index contributed by atoms with van der Waals surface area (Å²) in [5.41, 5.74) is 14.4. The Morgan fingerprint density at radius 1 is 1.10 bits per heavy atom. The first-order valence-electron chi connectivity index (χ1n) is 7.72. The minimum absolute atomic E-state index is 0.178. The first-order valence-corrected chi connectivity index (χ1v) is 7.72. The zero-order valence-corrected chi connectivity index (χ0v) is 13.2. The molecule has 0 saturated heterocycles. The van der Waals surface area contributed by atoms with Crippen LogP contribution in [0.25, 0.3) is 0 Å². The number of para-hydroxylation sites is 1. The standard InChI is InChI=1S/C19H24N2/c1-13-10-14(2)17(15(3)11-13)12-21-9-8-18(20)16-6-4-5-7-19(16)21/h4-7,10-11,18H,8-9,12,20H2,1-3H3. The van der Waals surface area contributed by atoms with Crippen LogP contribution in [0.2, 0.25) is 0 Å². The third-order valence-corrected chi connectivity index (χ3v) is 4.58. The molecule has 1 unspecified atom stereocenters. The minimum atomic E-state index is 0.178. The van der Waals surface area contributed by atoms with Crippen molar-refractivity contribution in [3.63, 3.8) is 0 Å². The average molecular weight is 280 g/mol. The van der Waals surface area contributed by atoms with E-state index in [0.29, 0.717) is 0 Å². The Labute approximate surface area is 127 Å². The summed E-state index contributed by atoms with van der Waals surface area (Å²) in [6.07, 6.45) is 1.03. The predicted molar refractivity (Wildman–Crippen MR) is 89.7 cm³/mol. The van der Waals surface area contributed by atoms with Crippen LogP contribution in [0.15, 0.2) is 36.4 Å². The SMILES string of the molecule is Cc1cc(C)c(CN2CCC(N)c3ccccc32)c(C)c1. The van der Waals surface area contributed by atoms with Gasteiger partial charge in [0.05, 0.1) is 0 Å². The molecule has 0 aromatic heterocycles. The summed E-state index contributed by atoms with van der Waals surface area (Å²) in [5.74, 6) is 0. The number of hydrogen-bond donors (Lipinski definition) is 1. The van der Waals surface area contributed by atoms with Crippen molar-refractivity contribution < 1.29 is 0 Å². The average Bonchev–Trinajstić information content (AvgIpc) is 2.45. The number of nitrogens with two attached hydrogens (primary N) is 1. The zero-order chi connectivity index (χ0) is 15.0. The van der Waals surface area contributed by atoms with Crippen LogP contribution < -0.4 is 10.6 Å². The molecule has 1 heterocycles. The summed E-state index contributed by atoms with van der Waals surface area (Å²) in [6, 6.07) is 13.3. The monoisotopic (exact) mass is 280 g/mol. The first kappa shape index (κ1) is 14.2. The van der Waals surface area contributed by atoms with Crippen LogP contribution in [-0.4, -0.2) is 6.54 Å². The molecule has 2 nitrogen and oxygen atoms in total. The van der Waals surface area contributed by atoms with Gasteiger partial charge in [-0.25, -0.2) is 0 Å². The van der Waals surface area contributed by atoms with Gasteiger partial charge in [-0.2, -0.15) is 0 Å². The lowest BCUT2D eigenvalue weighted by atomic mass is 9.94. The van der Waals surface area contributed by atoms with E-state index in [-0.39, 0.29) is 6.04 Å². The molecule has 2 aromatic carbocycles. The summed E-state index contributed by atoms with van der Waals surface area (Å²) in [4.78, 5) is 2.48. The van der Waals surface area contributed by atoms with Crippen molar-refractivity contribution in [3.8, 4) is 0 Å². The Morgan fingerprint density at radius 2 is 1.76 bits per heavy atom. The lowest BCUT2D eigenvalue weighted by Crippen LogP contribution is -2.33. The second-order valence-electron chi connectivity index (χ2n) is 6.25. The van der Waals surface area contributed by atoms with E-state index in [9.17, 15) is 0 Å². The molecule has 1 aliphatic rings. The van der Waals surface area contributed by atoms with Crippen LogP contribution in [0.3, 0.4) is 0 Å². The van der Waals surface area contributed by atoms with E-state index in [2.05, 4.69) is 62.1 Å². The Morgan fingerprint density at radius 3 is 2.48 bits per heavy atom. The van der Waals surface area contributed by atoms with Gasteiger partial charge < -0.3 is 10.6 Å². The van der Waals surface area contributed by atoms with Gasteiger partial charge in [-0.3, -0.25) is 0 Å². The number of hydrogen-bond acceptors (Lipinski definition) is 2. The molecule has 0 spiro atoms. The number of aryl methyl sites for hydroxylation is 3. The van der Waals surface area contributed by atoms with E-state index in [1.54, 1.807) is 0 Å². The highest BCUT2D eigenvalue weighted by molar-refractivity contribution is 5.57. The third kappa shape index (κ3) is 2.68. The van der Waals surface area contributed by atoms with Gasteiger partial charge in [-0.15, -0.1) is 0 Å². The van der Waals surface area contributed by atoms with Crippen molar-refractivity contribution in [2.75, 3.05) is 11.4 Å². The minimum Gasteiger partial charge on any atom is -0.367 e. The van der Waals surface area contributed by atoms with E-state index in [0.717, 1.165) is 19.5 Å². The molecule has 0 aliphatic carbocycles. The molecule has 2 N–H and O–H groups in total. The second kappa shape index (κ2) is 5.53. The van der Waals surface area contributed by atoms with E-state index >= 15 is 0 Å². The summed E-state index contributed by atoms with van der Waals surface area (Å²) in [7, 11) is 0. The topological polar surface area (TPSA) is 29.3 Å². The molecule has 3 rings (SSSR count). The quantitative estimate of drug-likeness (QED) is 0.900. The molecule has 0 saturated carbocycles. The second-order valence-corrected chi connectivity index (χ2v) is 6.25. The number of anilines is 1. The number of rotatable bonds is 2. The highest BCUT2D eigenvalue weighted by Crippen LogP contribution is 2.33. The van der Waals surface area contributed by atoms with Crippen LogP contribution in [0.1, 0.15) is 40.3 Å². The third-order valence-electron chi connectivity index (χ3n) is 4.58. The highest BCUT2D eigenvalue weighted by atomic mass is 15.1. The fourth-order valence-corrected chi connectivity index (χ4v) is 3.47. The van der Waals surface area contributed by atoms with Gasteiger partial charge in [0.1, 0.15) is 0 Å². The van der Waals surface area contributed by atoms with Crippen LogP contribution in [0, 0.1) is 20.8 Å². The smallest absolute Gasteiger partial charge is 0.0434 e. The summed E-state index contributed by atoms with van der Waals surface area (Å²) >= 11 is 0. The summed E-state index contributed by atoms with van der Waals surface area (Å²) in [6.45, 7) is 8.61. The Kier molecular flexibility index (Phi) is 3.73. The number of benzene rings is 2. The van der Waals surface area contributed by atoms with Crippen LogP contribution in [-0.2, 0) is 6.54 Å². The molecular formula is C19H24N2. The normalized spacial score (nSPS) is 17.7. The molecule has 1 aliphatic heterocycles. The van der Waals surface area contributed by atoms with Gasteiger partial charge >= 0.3 is 0 Å². The molecule has 21 heavy (non-hydrogen) atoms. The molecule has 0 bridgehead atoms. The highest BCUT2D eigenvalue weighted by Gasteiger charge is 2.22. The molecule has 1 atom stereocenters. The molecule has 0 radical (unpaired) electrons. The van der Waals surface area contributed by atoms with Crippen molar-refractivity contribution >= 4 is 5.69 Å². The van der Waals surface area contributed by atoms with Crippen LogP contribution in [0.5, 0.6) is 0 Å². The van der Waals surface area contributed by atoms with Crippen molar-refractivity contribution in [1.82, 2.24) is 0 Å².